The van der Waals surface area contributed by atoms with E-state index in [1.807, 2.05) is 0 Å². The van der Waals surface area contributed by atoms with Gasteiger partial charge in [0, 0.05) is 13.0 Å². The van der Waals surface area contributed by atoms with Gasteiger partial charge in [0.1, 0.15) is 5.75 Å². The third kappa shape index (κ3) is 5.92. The number of esters is 2. The molecule has 2 atom stereocenters. The van der Waals surface area contributed by atoms with Crippen LogP contribution >= 0.6 is 11.8 Å². The van der Waals surface area contributed by atoms with E-state index in [0.717, 1.165) is 37.9 Å². The van der Waals surface area contributed by atoms with Crippen LogP contribution < -0.4 is 4.74 Å². The number of methoxy groups -OCH3 is 2. The molecular weight excluding hydrogens is 432 g/mol. The molecule has 0 spiro atoms. The summed E-state index contributed by atoms with van der Waals surface area (Å²) in [6.45, 7) is 1.11. The zero-order valence-electron chi connectivity index (χ0n) is 16.7. The number of carbonyl (C=O) groups is 2. The Morgan fingerprint density at radius 2 is 1.65 bits per heavy atom. The van der Waals surface area contributed by atoms with Crippen molar-refractivity contribution in [2.24, 2.45) is 0 Å². The largest absolute Gasteiger partial charge is 0.497 e. The zero-order valence-corrected chi connectivity index (χ0v) is 17.5. The summed E-state index contributed by atoms with van der Waals surface area (Å²) < 4.78 is 15.0. The molecule has 2 aromatic carbocycles. The highest BCUT2D eigenvalue weighted by molar-refractivity contribution is 7.99. The molecule has 0 heterocycles. The van der Waals surface area contributed by atoms with E-state index >= 15 is 0 Å². The molecule has 0 aromatic heterocycles. The van der Waals surface area contributed by atoms with Gasteiger partial charge in [0.15, 0.2) is 0 Å². The maximum atomic E-state index is 12.4. The minimum atomic E-state index is -1.43. The molecule has 0 amide bonds. The van der Waals surface area contributed by atoms with E-state index in [9.17, 15) is 29.8 Å². The van der Waals surface area contributed by atoms with Gasteiger partial charge in [-0.15, -0.1) is 11.8 Å². The molecule has 2 rings (SSSR count). The van der Waals surface area contributed by atoms with Crippen LogP contribution in [0.25, 0.3) is 0 Å². The fourth-order valence-corrected chi connectivity index (χ4v) is 3.88. The third-order valence-corrected chi connectivity index (χ3v) is 5.42. The average Bonchev–Trinajstić information content (AvgIpc) is 2.75. The fraction of sp³-hybridized carbons (Fsp3) is 0.263. The van der Waals surface area contributed by atoms with Gasteiger partial charge in [-0.05, 0) is 23.8 Å². The lowest BCUT2D eigenvalue weighted by Gasteiger charge is -2.25. The van der Waals surface area contributed by atoms with Crippen LogP contribution in [-0.4, -0.2) is 42.1 Å². The Bertz CT molecular complexity index is 994. The molecular formula is C19H18N2O9S. The number of nitrogens with zero attached hydrogens (tertiary/aromatic N) is 2. The highest BCUT2D eigenvalue weighted by Gasteiger charge is 2.36. The highest BCUT2D eigenvalue weighted by Crippen LogP contribution is 2.44. The number of rotatable bonds is 9. The van der Waals surface area contributed by atoms with Crippen molar-refractivity contribution < 1.29 is 33.6 Å². The number of nitro groups is 2. The molecule has 0 aliphatic carbocycles. The fourth-order valence-electron chi connectivity index (χ4n) is 2.63. The van der Waals surface area contributed by atoms with Gasteiger partial charge in [-0.2, -0.15) is 0 Å². The van der Waals surface area contributed by atoms with Crippen molar-refractivity contribution in [2.75, 3.05) is 14.2 Å². The Morgan fingerprint density at radius 1 is 1.00 bits per heavy atom. The number of hydrogen-bond donors (Lipinski definition) is 0. The Labute approximate surface area is 180 Å². The minimum Gasteiger partial charge on any atom is -0.497 e. The second-order valence-electron chi connectivity index (χ2n) is 6.03. The lowest BCUT2D eigenvalue weighted by molar-refractivity contribution is -0.396. The lowest BCUT2D eigenvalue weighted by atomic mass is 10.1. The van der Waals surface area contributed by atoms with Crippen LogP contribution in [0.1, 0.15) is 17.7 Å². The quantitative estimate of drug-likeness (QED) is 0.241. The normalized spacial score (nSPS) is 12.4. The molecule has 11 nitrogen and oxygen atoms in total. The van der Waals surface area contributed by atoms with E-state index in [1.165, 1.54) is 13.2 Å². The van der Waals surface area contributed by atoms with Gasteiger partial charge in [-0.3, -0.25) is 25.0 Å². The molecule has 0 unspecified atom stereocenters. The standard InChI is InChI=1S/C19H18N2O9S/c1-11(22)30-17(19(23)29-3)18(12-4-7-14(28-2)8-5-12)31-16-9-6-13(20(24)25)10-15(16)21(26)27/h4-10,17-18H,1-3H3/t17-,18+/m0/s1. The van der Waals surface area contributed by atoms with Crippen LogP contribution in [0, 0.1) is 20.2 Å². The number of non-ortho nitro benzene ring substituents is 1. The molecule has 2 aromatic rings. The predicted molar refractivity (Wildman–Crippen MR) is 109 cm³/mol. The highest BCUT2D eigenvalue weighted by atomic mass is 32.2. The number of thioether (sulfide) groups is 1. The van der Waals surface area contributed by atoms with E-state index < -0.39 is 44.5 Å². The van der Waals surface area contributed by atoms with E-state index in [1.54, 1.807) is 24.3 Å². The topological polar surface area (TPSA) is 148 Å². The predicted octanol–water partition coefficient (Wildman–Crippen LogP) is 3.45. The van der Waals surface area contributed by atoms with Crippen LogP contribution in [0.4, 0.5) is 11.4 Å². The molecule has 0 aliphatic rings. The molecule has 0 N–H and O–H groups in total. The van der Waals surface area contributed by atoms with Gasteiger partial charge < -0.3 is 14.2 Å². The third-order valence-electron chi connectivity index (χ3n) is 4.05. The smallest absolute Gasteiger partial charge is 0.348 e. The van der Waals surface area contributed by atoms with Gasteiger partial charge >= 0.3 is 11.9 Å². The maximum Gasteiger partial charge on any atom is 0.348 e. The van der Waals surface area contributed by atoms with E-state index in [2.05, 4.69) is 0 Å². The second kappa shape index (κ2) is 10.4. The van der Waals surface area contributed by atoms with Crippen molar-refractivity contribution in [3.63, 3.8) is 0 Å². The molecule has 164 valence electrons. The molecule has 31 heavy (non-hydrogen) atoms. The molecule has 0 bridgehead atoms. The zero-order chi connectivity index (χ0) is 23.1. The molecule has 0 saturated carbocycles. The molecule has 0 fully saturated rings. The van der Waals surface area contributed by atoms with Crippen molar-refractivity contribution in [3.8, 4) is 5.75 Å². The van der Waals surface area contributed by atoms with Crippen LogP contribution in [-0.2, 0) is 19.1 Å². The minimum absolute atomic E-state index is 0.0393. The van der Waals surface area contributed by atoms with Gasteiger partial charge in [0.25, 0.3) is 11.4 Å². The Kier molecular flexibility index (Phi) is 7.91. The summed E-state index contributed by atoms with van der Waals surface area (Å²) in [5, 5.41) is 21.6. The summed E-state index contributed by atoms with van der Waals surface area (Å²) in [5.41, 5.74) is -0.499. The number of carbonyl (C=O) groups excluding carboxylic acids is 2. The van der Waals surface area contributed by atoms with Gasteiger partial charge in [0.05, 0.1) is 40.3 Å². The first-order chi connectivity index (χ1) is 14.7. The number of ether oxygens (including phenoxy) is 3. The van der Waals surface area contributed by atoms with Crippen molar-refractivity contribution in [1.29, 1.82) is 0 Å². The van der Waals surface area contributed by atoms with Crippen LogP contribution in [0.3, 0.4) is 0 Å². The summed E-state index contributed by atoms with van der Waals surface area (Å²) in [6.07, 6.45) is -1.43. The summed E-state index contributed by atoms with van der Waals surface area (Å²) in [5.74, 6) is -1.10. The summed E-state index contributed by atoms with van der Waals surface area (Å²) in [7, 11) is 2.58. The van der Waals surface area contributed by atoms with Crippen molar-refractivity contribution >= 4 is 35.1 Å². The average molecular weight is 450 g/mol. The van der Waals surface area contributed by atoms with Gasteiger partial charge in [-0.25, -0.2) is 4.79 Å². The Morgan fingerprint density at radius 3 is 2.13 bits per heavy atom. The van der Waals surface area contributed by atoms with Crippen LogP contribution in [0.2, 0.25) is 0 Å². The number of hydrogen-bond acceptors (Lipinski definition) is 10. The van der Waals surface area contributed by atoms with Crippen LogP contribution in [0.5, 0.6) is 5.75 Å². The van der Waals surface area contributed by atoms with E-state index in [0.29, 0.717) is 11.3 Å². The van der Waals surface area contributed by atoms with Crippen molar-refractivity contribution in [3.05, 3.63) is 68.3 Å². The van der Waals surface area contributed by atoms with Crippen molar-refractivity contribution in [1.82, 2.24) is 0 Å². The van der Waals surface area contributed by atoms with Crippen molar-refractivity contribution in [2.45, 2.75) is 23.2 Å². The summed E-state index contributed by atoms with van der Waals surface area (Å²) >= 11 is 0.841. The monoisotopic (exact) mass is 450 g/mol. The molecule has 0 radical (unpaired) electrons. The number of benzene rings is 2. The second-order valence-corrected chi connectivity index (χ2v) is 7.21. The van der Waals surface area contributed by atoms with Crippen LogP contribution in [0.15, 0.2) is 47.4 Å². The molecule has 0 saturated heterocycles. The summed E-state index contributed by atoms with van der Waals surface area (Å²) in [6, 6.07) is 9.57. The molecule has 12 heteroatoms. The first-order valence-electron chi connectivity index (χ1n) is 8.66. The van der Waals surface area contributed by atoms with E-state index in [-0.39, 0.29) is 4.90 Å². The van der Waals surface area contributed by atoms with E-state index in [4.69, 9.17) is 14.2 Å². The molecule has 0 aliphatic heterocycles. The van der Waals surface area contributed by atoms with Gasteiger partial charge in [0.2, 0.25) is 6.10 Å². The Balaban J connectivity index is 2.59. The first kappa shape index (κ1) is 23.6. The Hall–Kier alpha value is -3.67. The number of nitro benzene ring substituents is 2. The first-order valence-corrected chi connectivity index (χ1v) is 9.54. The summed E-state index contributed by atoms with van der Waals surface area (Å²) in [4.78, 5) is 45.0. The maximum absolute atomic E-state index is 12.4. The van der Waals surface area contributed by atoms with Gasteiger partial charge in [-0.1, -0.05) is 12.1 Å². The lowest BCUT2D eigenvalue weighted by Crippen LogP contribution is -2.32. The SMILES string of the molecule is COC(=O)[C@@H](OC(C)=O)[C@H](Sc1ccc([N+](=O)[O-])cc1[N+](=O)[O-])c1ccc(OC)cc1.